The number of carbonyl (C=O) groups excluding carboxylic acids is 2. The Bertz CT molecular complexity index is 159. The van der Waals surface area contributed by atoms with E-state index in [1.165, 1.54) is 7.11 Å². The highest BCUT2D eigenvalue weighted by Crippen LogP contribution is 1.85. The van der Waals surface area contributed by atoms with E-state index in [9.17, 15) is 9.59 Å². The predicted octanol–water partition coefficient (Wildman–Crippen LogP) is -2.13. The lowest BCUT2D eigenvalue weighted by Crippen LogP contribution is -2.42. The van der Waals surface area contributed by atoms with Gasteiger partial charge in [0.15, 0.2) is 0 Å². The van der Waals surface area contributed by atoms with E-state index in [0.717, 1.165) is 0 Å². The largest absolute Gasteiger partial charge is 0.370 e. The number of hydroxylamine groups is 1. The van der Waals surface area contributed by atoms with E-state index in [-0.39, 0.29) is 6.42 Å². The average molecular weight is 161 g/mol. The van der Waals surface area contributed by atoms with Crippen molar-refractivity contribution in [2.75, 3.05) is 7.11 Å². The number of nitrogens with one attached hydrogen (secondary N) is 1. The molecule has 11 heavy (non-hydrogen) atoms. The summed E-state index contributed by atoms with van der Waals surface area (Å²) in [5.74, 6) is -1.19. The molecule has 0 aromatic rings. The van der Waals surface area contributed by atoms with Crippen LogP contribution in [0.2, 0.25) is 0 Å². The number of hydrogen-bond acceptors (Lipinski definition) is 4. The fourth-order valence-electron chi connectivity index (χ4n) is 0.486. The molecule has 0 fully saturated rings. The molecule has 0 aliphatic rings. The van der Waals surface area contributed by atoms with Crippen LogP contribution in [0.15, 0.2) is 0 Å². The topological polar surface area (TPSA) is 107 Å². The summed E-state index contributed by atoms with van der Waals surface area (Å²) in [4.78, 5) is 25.2. The molecule has 64 valence electrons. The van der Waals surface area contributed by atoms with Crippen molar-refractivity contribution in [1.82, 2.24) is 5.48 Å². The van der Waals surface area contributed by atoms with Crippen LogP contribution in [0.25, 0.3) is 0 Å². The highest BCUT2D eigenvalue weighted by atomic mass is 16.6. The van der Waals surface area contributed by atoms with Crippen LogP contribution >= 0.6 is 0 Å². The second-order valence-electron chi connectivity index (χ2n) is 1.95. The minimum absolute atomic E-state index is 0.185. The molecule has 0 saturated carbocycles. The van der Waals surface area contributed by atoms with Crippen molar-refractivity contribution in [1.29, 1.82) is 0 Å². The molecule has 5 N–H and O–H groups in total. The molecule has 0 spiro atoms. The molecule has 0 aliphatic carbocycles. The number of carbonyl (C=O) groups is 2. The van der Waals surface area contributed by atoms with E-state index in [0.29, 0.717) is 0 Å². The van der Waals surface area contributed by atoms with Crippen molar-refractivity contribution in [3.63, 3.8) is 0 Å². The molecule has 0 radical (unpaired) electrons. The number of nitrogens with two attached hydrogens (primary N) is 2. The molecular formula is C5H11N3O3. The molecule has 0 rings (SSSR count). The molecule has 0 bridgehead atoms. The SMILES string of the molecule is CONC(=O)C(N)CC(N)=O. The third kappa shape index (κ3) is 4.29. The standard InChI is InChI=1S/C5H11N3O3/c1-11-8-5(10)3(6)2-4(7)9/h3H,2,6H2,1H3,(H2,7,9)(H,8,10). The maximum atomic E-state index is 10.7. The summed E-state index contributed by atoms with van der Waals surface area (Å²) in [5.41, 5.74) is 12.0. The fraction of sp³-hybridized carbons (Fsp3) is 0.600. The molecular weight excluding hydrogens is 150 g/mol. The average Bonchev–Trinajstić information content (AvgIpc) is 1.86. The quantitative estimate of drug-likeness (QED) is 0.409. The van der Waals surface area contributed by atoms with E-state index >= 15 is 0 Å². The van der Waals surface area contributed by atoms with Crippen LogP contribution in [-0.2, 0) is 14.4 Å². The summed E-state index contributed by atoms with van der Waals surface area (Å²) in [5, 5.41) is 0. The number of hydrogen-bond donors (Lipinski definition) is 3. The van der Waals surface area contributed by atoms with Gasteiger partial charge in [0.1, 0.15) is 0 Å². The summed E-state index contributed by atoms with van der Waals surface area (Å²) < 4.78 is 0. The molecule has 0 saturated heterocycles. The van der Waals surface area contributed by atoms with Crippen molar-refractivity contribution in [2.45, 2.75) is 12.5 Å². The van der Waals surface area contributed by atoms with Gasteiger partial charge < -0.3 is 11.5 Å². The van der Waals surface area contributed by atoms with E-state index in [4.69, 9.17) is 11.5 Å². The van der Waals surface area contributed by atoms with Crippen molar-refractivity contribution in [3.8, 4) is 0 Å². The third-order valence-electron chi connectivity index (χ3n) is 0.961. The molecule has 1 atom stereocenters. The minimum atomic E-state index is -0.938. The van der Waals surface area contributed by atoms with Gasteiger partial charge in [0.25, 0.3) is 5.91 Å². The summed E-state index contributed by atoms with van der Waals surface area (Å²) >= 11 is 0. The number of amides is 2. The smallest absolute Gasteiger partial charge is 0.260 e. The second-order valence-corrected chi connectivity index (χ2v) is 1.95. The van der Waals surface area contributed by atoms with Crippen molar-refractivity contribution < 1.29 is 14.4 Å². The fourth-order valence-corrected chi connectivity index (χ4v) is 0.486. The highest BCUT2D eigenvalue weighted by Gasteiger charge is 2.14. The van der Waals surface area contributed by atoms with Crippen LogP contribution in [0, 0.1) is 0 Å². The van der Waals surface area contributed by atoms with Crippen LogP contribution < -0.4 is 16.9 Å². The Morgan fingerprint density at radius 1 is 1.64 bits per heavy atom. The molecule has 2 amide bonds. The van der Waals surface area contributed by atoms with E-state index in [2.05, 4.69) is 4.84 Å². The maximum Gasteiger partial charge on any atom is 0.260 e. The summed E-state index contributed by atoms with van der Waals surface area (Å²) in [7, 11) is 1.27. The Balaban J connectivity index is 3.73. The lowest BCUT2D eigenvalue weighted by atomic mass is 10.2. The Kier molecular flexibility index (Phi) is 4.16. The molecule has 0 aromatic heterocycles. The van der Waals surface area contributed by atoms with Crippen molar-refractivity contribution in [2.24, 2.45) is 11.5 Å². The van der Waals surface area contributed by atoms with E-state index in [1.54, 1.807) is 0 Å². The number of rotatable bonds is 4. The molecule has 6 nitrogen and oxygen atoms in total. The van der Waals surface area contributed by atoms with Gasteiger partial charge in [-0.2, -0.15) is 0 Å². The van der Waals surface area contributed by atoms with Gasteiger partial charge >= 0.3 is 0 Å². The van der Waals surface area contributed by atoms with Crippen LogP contribution in [0.4, 0.5) is 0 Å². The zero-order valence-electron chi connectivity index (χ0n) is 6.16. The molecule has 0 heterocycles. The van der Waals surface area contributed by atoms with Crippen LogP contribution in [-0.4, -0.2) is 25.0 Å². The van der Waals surface area contributed by atoms with Gasteiger partial charge in [0.2, 0.25) is 5.91 Å². The molecule has 1 unspecified atom stereocenters. The zero-order valence-corrected chi connectivity index (χ0v) is 6.16. The van der Waals surface area contributed by atoms with Crippen LogP contribution in [0.3, 0.4) is 0 Å². The lowest BCUT2D eigenvalue weighted by Gasteiger charge is -2.07. The Morgan fingerprint density at radius 3 is 2.55 bits per heavy atom. The van der Waals surface area contributed by atoms with Gasteiger partial charge in [-0.25, -0.2) is 5.48 Å². The van der Waals surface area contributed by atoms with E-state index in [1.807, 2.05) is 5.48 Å². The third-order valence-corrected chi connectivity index (χ3v) is 0.961. The highest BCUT2D eigenvalue weighted by molar-refractivity contribution is 5.86. The summed E-state index contributed by atoms with van der Waals surface area (Å²) in [6.45, 7) is 0. The first-order valence-electron chi connectivity index (χ1n) is 2.94. The van der Waals surface area contributed by atoms with Gasteiger partial charge in [-0.05, 0) is 0 Å². The molecule has 6 heteroatoms. The summed E-state index contributed by atoms with van der Waals surface area (Å²) in [6, 6.07) is -0.938. The van der Waals surface area contributed by atoms with Gasteiger partial charge in [0, 0.05) is 0 Å². The lowest BCUT2D eigenvalue weighted by molar-refractivity contribution is -0.134. The Labute approximate surface area is 63.8 Å². The van der Waals surface area contributed by atoms with Crippen molar-refractivity contribution >= 4 is 11.8 Å². The normalized spacial score (nSPS) is 12.2. The summed E-state index contributed by atoms with van der Waals surface area (Å²) in [6.07, 6.45) is -0.185. The van der Waals surface area contributed by atoms with E-state index < -0.39 is 17.9 Å². The zero-order chi connectivity index (χ0) is 8.85. The minimum Gasteiger partial charge on any atom is -0.370 e. The monoisotopic (exact) mass is 161 g/mol. The second kappa shape index (κ2) is 4.64. The first-order valence-corrected chi connectivity index (χ1v) is 2.94. The molecule has 0 aliphatic heterocycles. The molecule has 0 aromatic carbocycles. The first kappa shape index (κ1) is 9.86. The van der Waals surface area contributed by atoms with Crippen LogP contribution in [0.5, 0.6) is 0 Å². The van der Waals surface area contributed by atoms with Crippen LogP contribution in [0.1, 0.15) is 6.42 Å². The van der Waals surface area contributed by atoms with Gasteiger partial charge in [-0.1, -0.05) is 0 Å². The predicted molar refractivity (Wildman–Crippen MR) is 36.9 cm³/mol. The van der Waals surface area contributed by atoms with Crippen molar-refractivity contribution in [3.05, 3.63) is 0 Å². The van der Waals surface area contributed by atoms with Gasteiger partial charge in [-0.3, -0.25) is 14.4 Å². The number of primary amides is 1. The first-order chi connectivity index (χ1) is 5.07. The van der Waals surface area contributed by atoms with Gasteiger partial charge in [0.05, 0.1) is 19.6 Å². The van der Waals surface area contributed by atoms with Gasteiger partial charge in [-0.15, -0.1) is 0 Å². The Morgan fingerprint density at radius 2 is 2.18 bits per heavy atom. The Hall–Kier alpha value is -1.14. The maximum absolute atomic E-state index is 10.7.